The van der Waals surface area contributed by atoms with Gasteiger partial charge in [0.1, 0.15) is 11.4 Å². The van der Waals surface area contributed by atoms with E-state index in [2.05, 4.69) is 54.0 Å². The summed E-state index contributed by atoms with van der Waals surface area (Å²) in [5.41, 5.74) is 3.58. The summed E-state index contributed by atoms with van der Waals surface area (Å²) in [6.45, 7) is 14.3. The molecule has 8 heteroatoms. The fourth-order valence-corrected chi connectivity index (χ4v) is 2.55. The van der Waals surface area contributed by atoms with Gasteiger partial charge in [-0.25, -0.2) is 20.0 Å². The molecule has 0 aromatic carbocycles. The maximum Gasteiger partial charge on any atom is 0.177 e. The average Bonchev–Trinajstić information content (AvgIpc) is 2.83. The van der Waals surface area contributed by atoms with Crippen LogP contribution >= 0.6 is 0 Å². The predicted molar refractivity (Wildman–Crippen MR) is 134 cm³/mol. The Balaban J connectivity index is 1.71. The van der Waals surface area contributed by atoms with Gasteiger partial charge in [0, 0.05) is 51.0 Å². The van der Waals surface area contributed by atoms with Crippen LogP contribution in [0.2, 0.25) is 0 Å². The normalized spacial score (nSPS) is 13.2. The van der Waals surface area contributed by atoms with Gasteiger partial charge in [0.05, 0.1) is 0 Å². The molecule has 0 aliphatic rings. The molecule has 2 N–H and O–H groups in total. The lowest BCUT2D eigenvalue weighted by Gasteiger charge is -2.07. The first kappa shape index (κ1) is 24.6. The van der Waals surface area contributed by atoms with Gasteiger partial charge >= 0.3 is 0 Å². The zero-order valence-electron chi connectivity index (χ0n) is 18.7. The van der Waals surface area contributed by atoms with Gasteiger partial charge < -0.3 is 10.6 Å². The Labute approximate surface area is 189 Å². The zero-order valence-corrected chi connectivity index (χ0v) is 18.7. The monoisotopic (exact) mass is 430 g/mol. The molecule has 0 fully saturated rings. The molecule has 2 heterocycles. The van der Waals surface area contributed by atoms with Gasteiger partial charge in [-0.1, -0.05) is 12.1 Å². The Bertz CT molecular complexity index is 894. The fourth-order valence-electron chi connectivity index (χ4n) is 2.55. The molecule has 0 saturated heterocycles. The number of pyridine rings is 2. The molecule has 166 valence electrons. The summed E-state index contributed by atoms with van der Waals surface area (Å²) < 4.78 is 0. The highest BCUT2D eigenvalue weighted by Crippen LogP contribution is 2.01. The van der Waals surface area contributed by atoms with E-state index in [9.17, 15) is 0 Å². The highest BCUT2D eigenvalue weighted by molar-refractivity contribution is 6.00. The highest BCUT2D eigenvalue weighted by atomic mass is 15.0. The molecule has 2 aromatic heterocycles. The van der Waals surface area contributed by atoms with Crippen LogP contribution in [-0.2, 0) is 0 Å². The summed E-state index contributed by atoms with van der Waals surface area (Å²) >= 11 is 0. The quantitative estimate of drug-likeness (QED) is 0.325. The molecule has 0 spiro atoms. The van der Waals surface area contributed by atoms with E-state index in [4.69, 9.17) is 0 Å². The van der Waals surface area contributed by atoms with Gasteiger partial charge in [0.25, 0.3) is 0 Å². The first-order chi connectivity index (χ1) is 15.6. The van der Waals surface area contributed by atoms with Gasteiger partial charge in [-0.3, -0.25) is 9.97 Å². The first-order valence-electron chi connectivity index (χ1n) is 10.3. The summed E-state index contributed by atoms with van der Waals surface area (Å²) in [7, 11) is 0. The summed E-state index contributed by atoms with van der Waals surface area (Å²) in [4.78, 5) is 25.2. The van der Waals surface area contributed by atoms with Crippen LogP contribution in [0.4, 0.5) is 0 Å². The van der Waals surface area contributed by atoms with Crippen molar-refractivity contribution < 1.29 is 0 Å². The maximum absolute atomic E-state index is 4.39. The molecule has 0 amide bonds. The minimum Gasteiger partial charge on any atom is -0.312 e. The minimum atomic E-state index is 0.509. The van der Waals surface area contributed by atoms with E-state index in [-0.39, 0.29) is 0 Å². The fraction of sp³-hybridized carbons (Fsp3) is 0.250. The number of nitrogens with one attached hydrogen (secondary N) is 2. The smallest absolute Gasteiger partial charge is 0.177 e. The third-order valence-electron chi connectivity index (χ3n) is 4.19. The Morgan fingerprint density at radius 1 is 0.781 bits per heavy atom. The van der Waals surface area contributed by atoms with Crippen LogP contribution in [-0.4, -0.2) is 61.3 Å². The third kappa shape index (κ3) is 9.03. The Morgan fingerprint density at radius 3 is 1.56 bits per heavy atom. The lowest BCUT2D eigenvalue weighted by molar-refractivity contribution is 0.652. The number of hydrogen-bond acceptors (Lipinski definition) is 6. The molecule has 0 unspecified atom stereocenters. The molecule has 8 nitrogen and oxygen atoms in total. The van der Waals surface area contributed by atoms with Crippen LogP contribution in [0.3, 0.4) is 0 Å². The Hall–Kier alpha value is -3.62. The number of aromatic nitrogens is 2. The molecule has 0 radical (unpaired) electrons. The summed E-state index contributed by atoms with van der Waals surface area (Å²) in [5, 5.41) is 6.76. The van der Waals surface area contributed by atoms with E-state index in [1.807, 2.05) is 50.2 Å². The number of hydrogen-bond donors (Lipinski definition) is 2. The van der Waals surface area contributed by atoms with Crippen LogP contribution in [0, 0.1) is 0 Å². The standard InChI is InChI=1S/C24H30N8/c1-19(17-31-23(25-3)21-9-5-7-11-29-21)15-27-13-14-28-16-20(2)18-32-24(26-4)22-10-6-8-12-30-22/h5-12,17-18,27-28H,3-4,13-16H2,1-2H3/b19-17+,20-18+,31-23?,32-24?. The van der Waals surface area contributed by atoms with Gasteiger partial charge in [0.15, 0.2) is 11.7 Å². The van der Waals surface area contributed by atoms with Crippen molar-refractivity contribution in [3.8, 4) is 0 Å². The summed E-state index contributed by atoms with van der Waals surface area (Å²) in [6.07, 6.45) is 6.99. The lowest BCUT2D eigenvalue weighted by atomic mass is 10.3. The van der Waals surface area contributed by atoms with Crippen molar-refractivity contribution in [3.63, 3.8) is 0 Å². The van der Waals surface area contributed by atoms with Crippen molar-refractivity contribution in [2.75, 3.05) is 26.2 Å². The summed E-state index contributed by atoms with van der Waals surface area (Å²) in [6, 6.07) is 11.2. The van der Waals surface area contributed by atoms with Crippen LogP contribution in [0.15, 0.2) is 92.3 Å². The molecule has 32 heavy (non-hydrogen) atoms. The van der Waals surface area contributed by atoms with E-state index in [1.54, 1.807) is 24.8 Å². The summed E-state index contributed by atoms with van der Waals surface area (Å²) in [5.74, 6) is 1.02. The van der Waals surface area contributed by atoms with E-state index in [0.29, 0.717) is 23.1 Å². The topological polar surface area (TPSA) is 99.3 Å². The predicted octanol–water partition coefficient (Wildman–Crippen LogP) is 3.06. The van der Waals surface area contributed by atoms with Crippen molar-refractivity contribution in [1.82, 2.24) is 20.6 Å². The largest absolute Gasteiger partial charge is 0.312 e. The second kappa shape index (κ2) is 14.4. The van der Waals surface area contributed by atoms with Crippen molar-refractivity contribution in [3.05, 3.63) is 83.7 Å². The molecular formula is C24H30N8. The van der Waals surface area contributed by atoms with E-state index in [1.165, 1.54) is 0 Å². The SMILES string of the molecule is C=NC(=N/C=C(\C)CNCCNC/C(C)=C/N=C(N=C)c1ccccn1)c1ccccn1. The second-order valence-electron chi connectivity index (χ2n) is 6.96. The van der Waals surface area contributed by atoms with E-state index < -0.39 is 0 Å². The molecule has 0 saturated carbocycles. The van der Waals surface area contributed by atoms with Crippen molar-refractivity contribution in [2.45, 2.75) is 13.8 Å². The second-order valence-corrected chi connectivity index (χ2v) is 6.96. The Kier molecular flexibility index (Phi) is 11.1. The van der Waals surface area contributed by atoms with E-state index in [0.717, 1.165) is 37.3 Å². The van der Waals surface area contributed by atoms with Crippen LogP contribution in [0.1, 0.15) is 25.2 Å². The Morgan fingerprint density at radius 2 is 1.22 bits per heavy atom. The van der Waals surface area contributed by atoms with Gasteiger partial charge in [0.2, 0.25) is 0 Å². The number of nitrogens with zero attached hydrogens (tertiary/aromatic N) is 6. The molecule has 0 aliphatic carbocycles. The van der Waals surface area contributed by atoms with Crippen LogP contribution in [0.25, 0.3) is 0 Å². The number of aliphatic imine (C=N–C) groups is 4. The third-order valence-corrected chi connectivity index (χ3v) is 4.19. The highest BCUT2D eigenvalue weighted by Gasteiger charge is 2.01. The average molecular weight is 431 g/mol. The molecule has 0 aliphatic heterocycles. The zero-order chi connectivity index (χ0) is 23.0. The van der Waals surface area contributed by atoms with Crippen LogP contribution in [0.5, 0.6) is 0 Å². The molecule has 0 atom stereocenters. The van der Waals surface area contributed by atoms with E-state index >= 15 is 0 Å². The maximum atomic E-state index is 4.39. The molecule has 0 bridgehead atoms. The van der Waals surface area contributed by atoms with Gasteiger partial charge in [-0.05, 0) is 62.7 Å². The first-order valence-corrected chi connectivity index (χ1v) is 10.3. The minimum absolute atomic E-state index is 0.509. The van der Waals surface area contributed by atoms with Gasteiger partial charge in [-0.2, -0.15) is 0 Å². The number of amidine groups is 2. The molecule has 2 aromatic rings. The van der Waals surface area contributed by atoms with Crippen molar-refractivity contribution in [2.24, 2.45) is 20.0 Å². The molecule has 2 rings (SSSR count). The van der Waals surface area contributed by atoms with Crippen molar-refractivity contribution in [1.29, 1.82) is 0 Å². The lowest BCUT2D eigenvalue weighted by Crippen LogP contribution is -2.29. The van der Waals surface area contributed by atoms with Crippen LogP contribution < -0.4 is 10.6 Å². The van der Waals surface area contributed by atoms with Gasteiger partial charge in [-0.15, -0.1) is 0 Å². The molecular weight excluding hydrogens is 400 g/mol. The number of rotatable bonds is 11. The van der Waals surface area contributed by atoms with Crippen molar-refractivity contribution >= 4 is 25.1 Å².